The Hall–Kier alpha value is -3.49. The minimum atomic E-state index is -0.681. The van der Waals surface area contributed by atoms with Gasteiger partial charge in [0.25, 0.3) is 5.56 Å². The molecule has 4 rings (SSSR count). The maximum absolute atomic E-state index is 13.0. The maximum atomic E-state index is 13.0. The van der Waals surface area contributed by atoms with Crippen molar-refractivity contribution in [2.45, 2.75) is 39.2 Å². The third-order valence-electron chi connectivity index (χ3n) is 5.74. The summed E-state index contributed by atoms with van der Waals surface area (Å²) < 4.78 is 4.22. The van der Waals surface area contributed by atoms with E-state index in [0.29, 0.717) is 36.6 Å². The Bertz CT molecular complexity index is 1310. The van der Waals surface area contributed by atoms with E-state index in [4.69, 9.17) is 4.98 Å². The molecule has 0 fully saturated rings. The fraction of sp³-hybridized carbons (Fsp3) is 0.320. The first-order chi connectivity index (χ1) is 15.8. The first kappa shape index (κ1) is 22.7. The molecule has 0 aliphatic carbocycles. The number of hydrogen-bond acceptors (Lipinski definition) is 5. The number of aliphatic hydroxyl groups is 1. The molecule has 172 valence electrons. The van der Waals surface area contributed by atoms with Gasteiger partial charge in [0.1, 0.15) is 5.82 Å². The van der Waals surface area contributed by atoms with Crippen molar-refractivity contribution in [1.82, 2.24) is 23.6 Å². The second kappa shape index (κ2) is 9.56. The van der Waals surface area contributed by atoms with Crippen LogP contribution in [-0.4, -0.2) is 34.8 Å². The van der Waals surface area contributed by atoms with E-state index in [2.05, 4.69) is 29.2 Å². The number of rotatable bonds is 8. The molecule has 8 nitrogen and oxygen atoms in total. The van der Waals surface area contributed by atoms with Crippen LogP contribution in [0.3, 0.4) is 0 Å². The van der Waals surface area contributed by atoms with Crippen molar-refractivity contribution in [2.75, 3.05) is 0 Å². The average Bonchev–Trinajstić information content (AvgIpc) is 3.15. The standard InChI is InChI=1S/C25H29N5O3/c1-18(31)14-30-21(26-23-22(30)24(32)28(3)25(33)27(23)2)17-29(15-19-10-6-4-7-11-19)16-20-12-8-5-9-13-20/h4-13,18,31H,14-17H2,1-3H3. The smallest absolute Gasteiger partial charge is 0.332 e. The molecule has 8 heteroatoms. The van der Waals surface area contributed by atoms with Gasteiger partial charge < -0.3 is 9.67 Å². The summed E-state index contributed by atoms with van der Waals surface area (Å²) in [6, 6.07) is 20.3. The maximum Gasteiger partial charge on any atom is 0.332 e. The summed E-state index contributed by atoms with van der Waals surface area (Å²) in [7, 11) is 3.07. The van der Waals surface area contributed by atoms with E-state index in [1.807, 2.05) is 36.4 Å². The molecule has 2 heterocycles. The van der Waals surface area contributed by atoms with Crippen LogP contribution in [0.1, 0.15) is 23.9 Å². The van der Waals surface area contributed by atoms with E-state index in [-0.39, 0.29) is 6.54 Å². The molecule has 33 heavy (non-hydrogen) atoms. The number of aryl methyl sites for hydroxylation is 1. The second-order valence-corrected chi connectivity index (χ2v) is 8.48. The van der Waals surface area contributed by atoms with E-state index in [1.165, 1.54) is 11.6 Å². The normalized spacial score (nSPS) is 12.5. The topological polar surface area (TPSA) is 85.3 Å². The van der Waals surface area contributed by atoms with Gasteiger partial charge in [-0.05, 0) is 18.1 Å². The molecule has 0 aliphatic heterocycles. The number of nitrogens with zero attached hydrogens (tertiary/aromatic N) is 5. The highest BCUT2D eigenvalue weighted by Crippen LogP contribution is 2.18. The van der Waals surface area contributed by atoms with Gasteiger partial charge in [0.2, 0.25) is 0 Å². The molecule has 1 N–H and O–H groups in total. The van der Waals surface area contributed by atoms with Crippen molar-refractivity contribution >= 4 is 11.2 Å². The number of benzene rings is 2. The van der Waals surface area contributed by atoms with Gasteiger partial charge in [0, 0.05) is 27.2 Å². The van der Waals surface area contributed by atoms with E-state index >= 15 is 0 Å². The summed E-state index contributed by atoms with van der Waals surface area (Å²) in [5.74, 6) is 0.635. The first-order valence-electron chi connectivity index (χ1n) is 11.0. The zero-order valence-corrected chi connectivity index (χ0v) is 19.2. The fourth-order valence-corrected chi connectivity index (χ4v) is 4.12. The van der Waals surface area contributed by atoms with Crippen molar-refractivity contribution in [3.05, 3.63) is 98.5 Å². The number of fused-ring (bicyclic) bond motifs is 1. The van der Waals surface area contributed by atoms with Crippen molar-refractivity contribution in [3.8, 4) is 0 Å². The zero-order chi connectivity index (χ0) is 23.5. The van der Waals surface area contributed by atoms with Crippen LogP contribution in [-0.2, 0) is 40.3 Å². The van der Waals surface area contributed by atoms with Crippen LogP contribution in [0.2, 0.25) is 0 Å². The Labute approximate surface area is 192 Å². The number of imidazole rings is 1. The van der Waals surface area contributed by atoms with Gasteiger partial charge in [-0.15, -0.1) is 0 Å². The molecular formula is C25H29N5O3. The molecule has 0 saturated carbocycles. The van der Waals surface area contributed by atoms with Crippen LogP contribution < -0.4 is 11.2 Å². The van der Waals surface area contributed by atoms with Crippen molar-refractivity contribution in [1.29, 1.82) is 0 Å². The molecule has 0 spiro atoms. The summed E-state index contributed by atoms with van der Waals surface area (Å²) in [5.41, 5.74) is 2.15. The van der Waals surface area contributed by atoms with Gasteiger partial charge in [-0.1, -0.05) is 60.7 Å². The SMILES string of the molecule is CC(O)Cn1c(CN(Cc2ccccc2)Cc2ccccc2)nc2c1c(=O)n(C)c(=O)n2C. The largest absolute Gasteiger partial charge is 0.392 e. The van der Waals surface area contributed by atoms with Crippen LogP contribution in [0.4, 0.5) is 0 Å². The highest BCUT2D eigenvalue weighted by molar-refractivity contribution is 5.71. The molecule has 1 unspecified atom stereocenters. The van der Waals surface area contributed by atoms with Crippen LogP contribution in [0.5, 0.6) is 0 Å². The van der Waals surface area contributed by atoms with Crippen LogP contribution in [0.25, 0.3) is 11.2 Å². The molecular weight excluding hydrogens is 418 g/mol. The second-order valence-electron chi connectivity index (χ2n) is 8.48. The Morgan fingerprint density at radius 2 is 1.42 bits per heavy atom. The zero-order valence-electron chi connectivity index (χ0n) is 19.2. The lowest BCUT2D eigenvalue weighted by Crippen LogP contribution is -2.37. The molecule has 2 aromatic carbocycles. The predicted octanol–water partition coefficient (Wildman–Crippen LogP) is 2.02. The van der Waals surface area contributed by atoms with Gasteiger partial charge in [-0.2, -0.15) is 0 Å². The van der Waals surface area contributed by atoms with Crippen LogP contribution in [0.15, 0.2) is 70.3 Å². The predicted molar refractivity (Wildman–Crippen MR) is 128 cm³/mol. The molecule has 1 atom stereocenters. The van der Waals surface area contributed by atoms with Crippen LogP contribution >= 0.6 is 0 Å². The minimum absolute atomic E-state index is 0.212. The minimum Gasteiger partial charge on any atom is -0.392 e. The van der Waals surface area contributed by atoms with Crippen molar-refractivity contribution in [3.63, 3.8) is 0 Å². The van der Waals surface area contributed by atoms with Gasteiger partial charge in [-0.25, -0.2) is 9.78 Å². The molecule has 4 aromatic rings. The van der Waals surface area contributed by atoms with Gasteiger partial charge in [0.15, 0.2) is 11.2 Å². The first-order valence-corrected chi connectivity index (χ1v) is 11.0. The monoisotopic (exact) mass is 447 g/mol. The summed E-state index contributed by atoms with van der Waals surface area (Å²) in [4.78, 5) is 32.4. The summed E-state index contributed by atoms with van der Waals surface area (Å²) in [6.07, 6.45) is -0.681. The fourth-order valence-electron chi connectivity index (χ4n) is 4.12. The highest BCUT2D eigenvalue weighted by atomic mass is 16.3. The Balaban J connectivity index is 1.80. The summed E-state index contributed by atoms with van der Waals surface area (Å²) in [5, 5.41) is 10.2. The quantitative estimate of drug-likeness (QED) is 0.447. The van der Waals surface area contributed by atoms with E-state index in [1.54, 1.807) is 18.5 Å². The number of aliphatic hydroxyl groups excluding tert-OH is 1. The molecule has 0 radical (unpaired) electrons. The van der Waals surface area contributed by atoms with E-state index < -0.39 is 17.4 Å². The Morgan fingerprint density at radius 1 is 0.879 bits per heavy atom. The third-order valence-corrected chi connectivity index (χ3v) is 5.74. The highest BCUT2D eigenvalue weighted by Gasteiger charge is 2.22. The number of aromatic nitrogens is 4. The van der Waals surface area contributed by atoms with Gasteiger partial charge in [-0.3, -0.25) is 18.8 Å². The van der Waals surface area contributed by atoms with Crippen molar-refractivity contribution < 1.29 is 5.11 Å². The Kier molecular flexibility index (Phi) is 6.57. The molecule has 0 amide bonds. The number of hydrogen-bond donors (Lipinski definition) is 1. The van der Waals surface area contributed by atoms with Gasteiger partial charge in [0.05, 0.1) is 19.2 Å². The van der Waals surface area contributed by atoms with Gasteiger partial charge >= 0.3 is 5.69 Å². The molecule has 2 aromatic heterocycles. The average molecular weight is 448 g/mol. The molecule has 0 aliphatic rings. The van der Waals surface area contributed by atoms with Crippen LogP contribution in [0, 0.1) is 0 Å². The molecule has 0 bridgehead atoms. The lowest BCUT2D eigenvalue weighted by molar-refractivity contribution is 0.169. The Morgan fingerprint density at radius 3 is 1.94 bits per heavy atom. The summed E-state index contributed by atoms with van der Waals surface area (Å²) >= 11 is 0. The third kappa shape index (κ3) is 4.81. The van der Waals surface area contributed by atoms with Crippen molar-refractivity contribution in [2.24, 2.45) is 14.1 Å². The lowest BCUT2D eigenvalue weighted by atomic mass is 10.1. The summed E-state index contributed by atoms with van der Waals surface area (Å²) in [6.45, 7) is 3.70. The lowest BCUT2D eigenvalue weighted by Gasteiger charge is -2.23. The van der Waals surface area contributed by atoms with E-state index in [9.17, 15) is 14.7 Å². The molecule has 0 saturated heterocycles. The van der Waals surface area contributed by atoms with E-state index in [0.717, 1.165) is 15.7 Å².